The Hall–Kier alpha value is -8.49. The predicted octanol–water partition coefficient (Wildman–Crippen LogP) is 12.7. The molecule has 33 nitrogen and oxygen atoms in total. The number of carbonyl (C=O) groups is 3. The number of nitrogens with one attached hydrogen (secondary N) is 3. The minimum atomic E-state index is -4.58. The molecule has 0 radical (unpaired) electrons. The number of aliphatic hydroxyl groups is 6. The van der Waals surface area contributed by atoms with Gasteiger partial charge < -0.3 is 72.6 Å². The second kappa shape index (κ2) is 42.7. The number of nitrogens with zero attached hydrogens (tertiary/aromatic N) is 3. The summed E-state index contributed by atoms with van der Waals surface area (Å²) in [6.07, 6.45) is -14.2. The third-order valence-corrected chi connectivity index (χ3v) is 26.1. The topological polar surface area (TPSA) is 448 Å². The van der Waals surface area contributed by atoms with Crippen molar-refractivity contribution in [1.82, 2.24) is 28.7 Å². The van der Waals surface area contributed by atoms with E-state index in [1.165, 1.54) is 133 Å². The SMILES string of the molecule is [2H]C([2H])(OP(=O)(C[C@@H](C)C(=O)OCc1ccccc1)Oc1ccc(Cl)cc1)[C@H]1O[C@@H](n2ccc(=O)[nH]c2=S)C(C)(O)[C@H]1O.[2H]C([2H])(O[P@@](=O)(C[C@@H](C)C(=O)OCc1ccccc1)Oc1ccc(Cl)cc1)[C@H]1O[C@@H](n2ccc(=O)[nH]c2=S)C(C)(O)[C@H]1O.[2H]C([2H])(O[P@](=O)(C[C@@H](C)C(=O)OCc1ccccc1)Oc1ccc(Cl)cc1)[C@H]1O[C@@H](n2ccc(=O)[nH]c2=S)C(C)(O)[C@H]1O. The van der Waals surface area contributed by atoms with Crippen LogP contribution in [0.5, 0.6) is 17.2 Å². The van der Waals surface area contributed by atoms with Crippen molar-refractivity contribution in [2.24, 2.45) is 17.8 Å². The van der Waals surface area contributed by atoms with E-state index in [9.17, 15) is 73.1 Å². The maximum Gasteiger partial charge on any atom is 0.380 e. The van der Waals surface area contributed by atoms with Crippen molar-refractivity contribution in [3.05, 3.63) is 278 Å². The van der Waals surface area contributed by atoms with E-state index in [0.29, 0.717) is 15.1 Å². The molecule has 12 rings (SSSR count). The lowest BCUT2D eigenvalue weighted by Gasteiger charge is -2.28. The van der Waals surface area contributed by atoms with Crippen LogP contribution in [0.3, 0.4) is 0 Å². The van der Waals surface area contributed by atoms with Crippen molar-refractivity contribution >= 4 is 112 Å². The number of esters is 3. The molecule has 3 aliphatic heterocycles. The van der Waals surface area contributed by atoms with E-state index in [1.54, 1.807) is 72.8 Å². The summed E-state index contributed by atoms with van der Waals surface area (Å²) in [5.41, 5.74) is -5.81. The van der Waals surface area contributed by atoms with Crippen LogP contribution >= 0.6 is 94.2 Å². The second-order valence-corrected chi connectivity index (χ2v) is 37.2. The Labute approximate surface area is 743 Å². The van der Waals surface area contributed by atoms with Gasteiger partial charge in [0, 0.05) is 51.9 Å². The van der Waals surface area contributed by atoms with Gasteiger partial charge in [-0.3, -0.25) is 71.0 Å². The van der Waals surface area contributed by atoms with Gasteiger partial charge in [-0.15, -0.1) is 0 Å². The number of ether oxygens (including phenoxy) is 6. The zero-order chi connectivity index (χ0) is 94.7. The number of rotatable bonds is 33. The fourth-order valence-electron chi connectivity index (χ4n) is 12.1. The van der Waals surface area contributed by atoms with E-state index in [-0.39, 0.29) is 51.4 Å². The third kappa shape index (κ3) is 26.3. The minimum absolute atomic E-state index is 0.00527. The first-order valence-corrected chi connectivity index (χ1v) is 44.9. The van der Waals surface area contributed by atoms with Gasteiger partial charge in [0.05, 0.1) is 64.1 Å². The van der Waals surface area contributed by atoms with Gasteiger partial charge in [0.1, 0.15) is 90.5 Å². The maximum atomic E-state index is 14.2. The number of H-pyrrole nitrogens is 3. The smallest absolute Gasteiger partial charge is 0.380 e. The summed E-state index contributed by atoms with van der Waals surface area (Å²) in [6, 6.07) is 47.0. The highest BCUT2D eigenvalue weighted by Crippen LogP contribution is 2.55. The highest BCUT2D eigenvalue weighted by Gasteiger charge is 2.57. The van der Waals surface area contributed by atoms with Gasteiger partial charge in [0.25, 0.3) is 16.7 Å². The zero-order valence-electron chi connectivity index (χ0n) is 72.0. The molecule has 660 valence electrons. The number of aliphatic hydroxyl groups excluding tert-OH is 3. The van der Waals surface area contributed by atoms with Crippen molar-refractivity contribution < 1.29 is 123 Å². The molecule has 0 spiro atoms. The van der Waals surface area contributed by atoms with Crippen molar-refractivity contribution in [3.63, 3.8) is 0 Å². The Morgan fingerprint density at radius 2 is 0.650 bits per heavy atom. The van der Waals surface area contributed by atoms with Crippen LogP contribution in [0.2, 0.25) is 15.1 Å². The Balaban J connectivity index is 0.000000201. The highest BCUT2D eigenvalue weighted by atomic mass is 35.5. The van der Waals surface area contributed by atoms with E-state index < -0.39 is 185 Å². The molecule has 0 amide bonds. The van der Waals surface area contributed by atoms with Crippen LogP contribution in [0, 0.1) is 32.1 Å². The fourth-order valence-corrected chi connectivity index (χ4v) is 18.3. The molecule has 6 heterocycles. The molecular formula is C81H90Cl3N6O27P3S3. The largest absolute Gasteiger partial charge is 0.461 e. The summed E-state index contributed by atoms with van der Waals surface area (Å²) in [7, 11) is -13.7. The number of hydrogen-bond donors (Lipinski definition) is 9. The normalized spacial score (nSPS) is 25.4. The molecule has 0 aliphatic carbocycles. The minimum Gasteiger partial charge on any atom is -0.461 e. The van der Waals surface area contributed by atoms with E-state index >= 15 is 0 Å². The summed E-state index contributed by atoms with van der Waals surface area (Å²) in [5.74, 6) is -5.43. The Bertz CT molecular complexity index is 5380. The number of halogens is 3. The number of hydrogen-bond acceptors (Lipinski definition) is 30. The highest BCUT2D eigenvalue weighted by molar-refractivity contribution is 7.71. The van der Waals surface area contributed by atoms with Crippen molar-refractivity contribution in [1.29, 1.82) is 0 Å². The van der Waals surface area contributed by atoms with Gasteiger partial charge >= 0.3 is 40.7 Å². The van der Waals surface area contributed by atoms with Crippen LogP contribution in [0.15, 0.2) is 215 Å². The van der Waals surface area contributed by atoms with Gasteiger partial charge in [-0.1, -0.05) is 147 Å². The fraction of sp³-hybridized carbons (Fsp3) is 0.370. The first-order chi connectivity index (χ1) is 60.3. The molecule has 6 aromatic carbocycles. The summed E-state index contributed by atoms with van der Waals surface area (Å²) in [5, 5.41) is 67.3. The summed E-state index contributed by atoms with van der Waals surface area (Å²) >= 11 is 33.2. The van der Waals surface area contributed by atoms with E-state index in [1.807, 2.05) is 18.2 Å². The van der Waals surface area contributed by atoms with Crippen LogP contribution in [0.1, 0.15) is 85.1 Å². The number of aromatic nitrogens is 6. The average molecular weight is 1880 g/mol. The van der Waals surface area contributed by atoms with Crippen molar-refractivity contribution in [2.75, 3.05) is 38.2 Å². The molecule has 3 aromatic heterocycles. The van der Waals surface area contributed by atoms with Gasteiger partial charge in [-0.25, -0.2) is 13.7 Å². The zero-order valence-corrected chi connectivity index (χ0v) is 73.4. The molecule has 3 fully saturated rings. The summed E-state index contributed by atoms with van der Waals surface area (Å²) in [4.78, 5) is 80.4. The lowest BCUT2D eigenvalue weighted by molar-refractivity contribution is -0.149. The van der Waals surface area contributed by atoms with Gasteiger partial charge in [-0.2, -0.15) is 0 Å². The van der Waals surface area contributed by atoms with Crippen LogP contribution in [0.4, 0.5) is 0 Å². The molecule has 42 heteroatoms. The molecular weight excluding hydrogens is 1780 g/mol. The number of benzene rings is 6. The maximum absolute atomic E-state index is 14.2. The van der Waals surface area contributed by atoms with Crippen molar-refractivity contribution in [3.8, 4) is 17.2 Å². The second-order valence-electron chi connectivity index (χ2n) is 28.9. The number of carbonyl (C=O) groups excluding carboxylic acids is 3. The average Bonchev–Trinajstić information content (AvgIpc) is 1.60. The third-order valence-electron chi connectivity index (χ3n) is 18.8. The molecule has 9 aromatic rings. The predicted molar refractivity (Wildman–Crippen MR) is 457 cm³/mol. The van der Waals surface area contributed by atoms with E-state index in [0.717, 1.165) is 48.6 Å². The first kappa shape index (κ1) is 88.0. The lowest BCUT2D eigenvalue weighted by atomic mass is 9.96. The van der Waals surface area contributed by atoms with E-state index in [4.69, 9.17) is 135 Å². The summed E-state index contributed by atoms with van der Waals surface area (Å²) in [6.45, 7) is -1.49. The monoisotopic (exact) mass is 1880 g/mol. The van der Waals surface area contributed by atoms with Gasteiger partial charge in [0.2, 0.25) is 0 Å². The van der Waals surface area contributed by atoms with E-state index in [2.05, 4.69) is 15.0 Å². The Morgan fingerprint density at radius 3 is 0.870 bits per heavy atom. The van der Waals surface area contributed by atoms with Crippen LogP contribution in [-0.2, 0) is 89.9 Å². The molecule has 9 N–H and O–H groups in total. The molecule has 3 aliphatic rings. The number of aromatic amines is 3. The standard InChI is InChI=1S/3C27H30ClN2O9PS/c3*1-17(24(33)36-14-18-6-4-3-5-7-18)16-40(35,39-20-10-8-19(28)9-11-20)37-15-21-23(32)27(2,34)25(38-21)30-13-12-22(31)29-26(30)41/h3*3-13,17,21,23,25,32,34H,14-16H2,1-2H3,(H,29,31,41)/t17-,21-,23+,25-,27?,40?;17-,21-,23+,25-,27?,40+;17-,21-,23+,25-,27?,40-/m111/s1/i3*15D2. The Morgan fingerprint density at radius 1 is 0.423 bits per heavy atom. The molecule has 123 heavy (non-hydrogen) atoms. The molecule has 3 saturated heterocycles. The lowest BCUT2D eigenvalue weighted by Crippen LogP contribution is -2.44. The molecule has 0 saturated carbocycles. The van der Waals surface area contributed by atoms with Gasteiger partial charge in [-0.05, 0) is 147 Å². The summed E-state index contributed by atoms with van der Waals surface area (Å²) < 4.78 is 164. The first-order valence-electron chi connectivity index (χ1n) is 40.3. The molecule has 0 bridgehead atoms. The molecule has 18 atom stereocenters. The Kier molecular flexibility index (Phi) is 30.5. The van der Waals surface area contributed by atoms with Crippen LogP contribution in [0.25, 0.3) is 0 Å². The van der Waals surface area contributed by atoms with Crippen LogP contribution < -0.4 is 30.2 Å². The van der Waals surface area contributed by atoms with Crippen LogP contribution in [-0.4, -0.2) is 169 Å². The van der Waals surface area contributed by atoms with Crippen molar-refractivity contribution in [2.45, 2.75) is 133 Å². The quantitative estimate of drug-likeness (QED) is 0.00798. The van der Waals surface area contributed by atoms with Gasteiger partial charge in [0.15, 0.2) is 33.0 Å². The molecule has 4 unspecified atom stereocenters.